The highest BCUT2D eigenvalue weighted by Gasteiger charge is 2.20. The molecule has 1 saturated heterocycles. The molecule has 1 rings (SSSR count). The zero-order chi connectivity index (χ0) is 16.2. The van der Waals surface area contributed by atoms with Gasteiger partial charge in [-0.05, 0) is 25.8 Å². The van der Waals surface area contributed by atoms with Gasteiger partial charge >= 0.3 is 5.97 Å². The standard InChI is InChI=1S/C16H29ClN2O3/c1-22-16(21)8-5-3-2-4-7-15(20)19-13-11-18(12-14-19)10-6-9-17/h2-14H2,1H3. The molecule has 1 heterocycles. The van der Waals surface area contributed by atoms with E-state index in [1.165, 1.54) is 7.11 Å². The van der Waals surface area contributed by atoms with Crippen molar-refractivity contribution in [2.24, 2.45) is 0 Å². The Labute approximate surface area is 138 Å². The van der Waals surface area contributed by atoms with E-state index in [0.717, 1.165) is 64.8 Å². The molecule has 22 heavy (non-hydrogen) atoms. The minimum atomic E-state index is -0.150. The monoisotopic (exact) mass is 332 g/mol. The number of piperazine rings is 1. The highest BCUT2D eigenvalue weighted by molar-refractivity contribution is 6.17. The number of esters is 1. The van der Waals surface area contributed by atoms with Crippen LogP contribution in [-0.4, -0.2) is 67.4 Å². The molecule has 0 aromatic carbocycles. The molecular formula is C16H29ClN2O3. The van der Waals surface area contributed by atoms with Crippen LogP contribution in [0.5, 0.6) is 0 Å². The van der Waals surface area contributed by atoms with Crippen molar-refractivity contribution >= 4 is 23.5 Å². The lowest BCUT2D eigenvalue weighted by molar-refractivity contribution is -0.140. The van der Waals surface area contributed by atoms with E-state index in [4.69, 9.17) is 11.6 Å². The first kappa shape index (κ1) is 19.2. The number of methoxy groups -OCH3 is 1. The maximum atomic E-state index is 12.1. The summed E-state index contributed by atoms with van der Waals surface area (Å²) in [7, 11) is 1.41. The van der Waals surface area contributed by atoms with E-state index in [1.807, 2.05) is 4.90 Å². The Bertz CT molecular complexity index is 331. The van der Waals surface area contributed by atoms with E-state index in [0.29, 0.717) is 18.7 Å². The number of rotatable bonds is 10. The van der Waals surface area contributed by atoms with Gasteiger partial charge in [-0.15, -0.1) is 11.6 Å². The second-order valence-corrected chi connectivity index (χ2v) is 6.13. The molecule has 0 N–H and O–H groups in total. The van der Waals surface area contributed by atoms with Crippen molar-refractivity contribution in [3.63, 3.8) is 0 Å². The van der Waals surface area contributed by atoms with Crippen molar-refractivity contribution in [3.8, 4) is 0 Å². The van der Waals surface area contributed by atoms with E-state index < -0.39 is 0 Å². The maximum absolute atomic E-state index is 12.1. The Morgan fingerprint density at radius 3 is 2.18 bits per heavy atom. The van der Waals surface area contributed by atoms with Gasteiger partial charge in [0.25, 0.3) is 0 Å². The molecule has 6 heteroatoms. The number of hydrogen-bond donors (Lipinski definition) is 0. The summed E-state index contributed by atoms with van der Waals surface area (Å²) < 4.78 is 4.60. The second kappa shape index (κ2) is 11.7. The van der Waals surface area contributed by atoms with Crippen LogP contribution < -0.4 is 0 Å². The van der Waals surface area contributed by atoms with Crippen LogP contribution in [0.3, 0.4) is 0 Å². The molecule has 0 unspecified atom stereocenters. The summed E-state index contributed by atoms with van der Waals surface area (Å²) in [6.45, 7) is 4.63. The Morgan fingerprint density at radius 1 is 0.955 bits per heavy atom. The van der Waals surface area contributed by atoms with E-state index in [-0.39, 0.29) is 11.9 Å². The van der Waals surface area contributed by atoms with Gasteiger partial charge in [-0.2, -0.15) is 0 Å². The van der Waals surface area contributed by atoms with Crippen LogP contribution in [0.4, 0.5) is 0 Å². The molecule has 0 saturated carbocycles. The predicted molar refractivity (Wildman–Crippen MR) is 88.1 cm³/mol. The van der Waals surface area contributed by atoms with E-state index >= 15 is 0 Å². The molecule has 0 aromatic heterocycles. The zero-order valence-electron chi connectivity index (χ0n) is 13.7. The molecule has 0 aromatic rings. The van der Waals surface area contributed by atoms with E-state index in [2.05, 4.69) is 9.64 Å². The molecule has 0 bridgehead atoms. The van der Waals surface area contributed by atoms with Gasteiger partial charge in [0.15, 0.2) is 0 Å². The van der Waals surface area contributed by atoms with Crippen molar-refractivity contribution in [3.05, 3.63) is 0 Å². The van der Waals surface area contributed by atoms with Crippen molar-refractivity contribution in [1.29, 1.82) is 0 Å². The van der Waals surface area contributed by atoms with Gasteiger partial charge < -0.3 is 9.64 Å². The summed E-state index contributed by atoms with van der Waals surface area (Å²) in [6.07, 6.45) is 5.86. The minimum absolute atomic E-state index is 0.150. The first-order valence-electron chi connectivity index (χ1n) is 8.30. The maximum Gasteiger partial charge on any atom is 0.305 e. The predicted octanol–water partition coefficient (Wildman–Crippen LogP) is 2.27. The Morgan fingerprint density at radius 2 is 1.59 bits per heavy atom. The number of carbonyl (C=O) groups is 2. The number of nitrogens with zero attached hydrogens (tertiary/aromatic N) is 2. The molecule has 128 valence electrons. The first-order valence-corrected chi connectivity index (χ1v) is 8.83. The van der Waals surface area contributed by atoms with E-state index in [9.17, 15) is 9.59 Å². The highest BCUT2D eigenvalue weighted by atomic mass is 35.5. The van der Waals surface area contributed by atoms with Crippen molar-refractivity contribution < 1.29 is 14.3 Å². The summed E-state index contributed by atoms with van der Waals surface area (Å²) in [6, 6.07) is 0. The van der Waals surface area contributed by atoms with Crippen molar-refractivity contribution in [2.45, 2.75) is 44.9 Å². The molecule has 1 aliphatic rings. The van der Waals surface area contributed by atoms with Crippen LogP contribution in [0.25, 0.3) is 0 Å². The molecule has 0 atom stereocenters. The number of unbranched alkanes of at least 4 members (excludes halogenated alkanes) is 3. The topological polar surface area (TPSA) is 49.9 Å². The summed E-state index contributed by atoms with van der Waals surface area (Å²) in [4.78, 5) is 27.4. The van der Waals surface area contributed by atoms with Crippen LogP contribution in [0.15, 0.2) is 0 Å². The fraction of sp³-hybridized carbons (Fsp3) is 0.875. The number of amides is 1. The molecule has 0 spiro atoms. The number of carbonyl (C=O) groups excluding carboxylic acids is 2. The Balaban J connectivity index is 2.03. The molecular weight excluding hydrogens is 304 g/mol. The Kier molecular flexibility index (Phi) is 10.2. The zero-order valence-corrected chi connectivity index (χ0v) is 14.4. The quantitative estimate of drug-likeness (QED) is 0.350. The van der Waals surface area contributed by atoms with Gasteiger partial charge in [0, 0.05) is 44.9 Å². The summed E-state index contributed by atoms with van der Waals surface area (Å²) in [5.74, 6) is 0.822. The van der Waals surface area contributed by atoms with Crippen molar-refractivity contribution in [2.75, 3.05) is 45.7 Å². The van der Waals surface area contributed by atoms with E-state index in [1.54, 1.807) is 0 Å². The first-order chi connectivity index (χ1) is 10.7. The second-order valence-electron chi connectivity index (χ2n) is 5.76. The smallest absolute Gasteiger partial charge is 0.305 e. The molecule has 0 aliphatic carbocycles. The third-order valence-electron chi connectivity index (χ3n) is 4.08. The van der Waals surface area contributed by atoms with Crippen LogP contribution in [0.2, 0.25) is 0 Å². The number of halogens is 1. The molecule has 1 amide bonds. The van der Waals surface area contributed by atoms with Crippen LogP contribution in [0.1, 0.15) is 44.9 Å². The fourth-order valence-corrected chi connectivity index (χ4v) is 2.78. The molecule has 5 nitrogen and oxygen atoms in total. The summed E-state index contributed by atoms with van der Waals surface area (Å²) in [5.41, 5.74) is 0. The van der Waals surface area contributed by atoms with Gasteiger partial charge in [-0.1, -0.05) is 12.8 Å². The Hall–Kier alpha value is -0.810. The van der Waals surface area contributed by atoms with Crippen molar-refractivity contribution in [1.82, 2.24) is 9.80 Å². The van der Waals surface area contributed by atoms with Crippen LogP contribution in [-0.2, 0) is 14.3 Å². The lowest BCUT2D eigenvalue weighted by Gasteiger charge is -2.34. The fourth-order valence-electron chi connectivity index (χ4n) is 2.66. The summed E-state index contributed by atoms with van der Waals surface area (Å²) in [5, 5.41) is 0. The van der Waals surface area contributed by atoms with Gasteiger partial charge in [0.1, 0.15) is 0 Å². The van der Waals surface area contributed by atoms with Crippen LogP contribution in [0, 0.1) is 0 Å². The summed E-state index contributed by atoms with van der Waals surface area (Å²) >= 11 is 5.70. The number of hydrogen-bond acceptors (Lipinski definition) is 4. The normalized spacial score (nSPS) is 15.8. The third kappa shape index (κ3) is 7.99. The van der Waals surface area contributed by atoms with Gasteiger partial charge in [-0.3, -0.25) is 14.5 Å². The van der Waals surface area contributed by atoms with Gasteiger partial charge in [0.2, 0.25) is 5.91 Å². The highest BCUT2D eigenvalue weighted by Crippen LogP contribution is 2.10. The number of alkyl halides is 1. The van der Waals surface area contributed by atoms with Crippen LogP contribution >= 0.6 is 11.6 Å². The lowest BCUT2D eigenvalue weighted by atomic mass is 10.1. The number of ether oxygens (including phenoxy) is 1. The van der Waals surface area contributed by atoms with Gasteiger partial charge in [0.05, 0.1) is 7.11 Å². The average molecular weight is 333 g/mol. The SMILES string of the molecule is COC(=O)CCCCCCC(=O)N1CCN(CCCCl)CC1. The minimum Gasteiger partial charge on any atom is -0.469 e. The van der Waals surface area contributed by atoms with Gasteiger partial charge in [-0.25, -0.2) is 0 Å². The molecule has 1 fully saturated rings. The molecule has 1 aliphatic heterocycles. The largest absolute Gasteiger partial charge is 0.469 e. The third-order valence-corrected chi connectivity index (χ3v) is 4.35. The average Bonchev–Trinajstić information content (AvgIpc) is 2.56. The molecule has 0 radical (unpaired) electrons. The lowest BCUT2D eigenvalue weighted by Crippen LogP contribution is -2.48.